The molecule has 29 heavy (non-hydrogen) atoms. The Balaban J connectivity index is 1.97. The highest BCUT2D eigenvalue weighted by molar-refractivity contribution is 5.92. The van der Waals surface area contributed by atoms with Gasteiger partial charge in [-0.3, -0.25) is 4.79 Å². The Bertz CT molecular complexity index is 861. The lowest BCUT2D eigenvalue weighted by molar-refractivity contribution is -0.121. The lowest BCUT2D eigenvalue weighted by atomic mass is 10.0. The second kappa shape index (κ2) is 10.3. The number of carbonyl (C=O) groups excluding carboxylic acids is 2. The van der Waals surface area contributed by atoms with Crippen LogP contribution in [0.15, 0.2) is 48.5 Å². The zero-order chi connectivity index (χ0) is 21.4. The van der Waals surface area contributed by atoms with Gasteiger partial charge in [-0.25, -0.2) is 9.59 Å². The van der Waals surface area contributed by atoms with E-state index in [9.17, 15) is 19.5 Å². The van der Waals surface area contributed by atoms with Crippen LogP contribution in [0.4, 0.5) is 10.5 Å². The normalized spacial score (nSPS) is 11.4. The summed E-state index contributed by atoms with van der Waals surface area (Å²) in [6, 6.07) is 13.3. The molecular weight excluding hydrogens is 370 g/mol. The first-order valence-electron chi connectivity index (χ1n) is 9.62. The van der Waals surface area contributed by atoms with Crippen LogP contribution in [0.2, 0.25) is 0 Å². The van der Waals surface area contributed by atoms with Gasteiger partial charge in [0.15, 0.2) is 0 Å². The molecule has 0 radical (unpaired) electrons. The second-order valence-electron chi connectivity index (χ2n) is 6.65. The number of carbonyl (C=O) groups is 3. The van der Waals surface area contributed by atoms with E-state index in [1.165, 1.54) is 6.07 Å². The van der Waals surface area contributed by atoms with Crippen LogP contribution in [-0.4, -0.2) is 41.0 Å². The quantitative estimate of drug-likeness (QED) is 0.633. The molecule has 0 saturated heterocycles. The highest BCUT2D eigenvalue weighted by Crippen LogP contribution is 2.17. The van der Waals surface area contributed by atoms with Crippen molar-refractivity contribution in [3.05, 3.63) is 65.2 Å². The summed E-state index contributed by atoms with van der Waals surface area (Å²) in [7, 11) is 0. The van der Waals surface area contributed by atoms with E-state index >= 15 is 0 Å². The summed E-state index contributed by atoms with van der Waals surface area (Å²) in [6.45, 7) is 6.96. The Morgan fingerprint density at radius 3 is 2.21 bits per heavy atom. The van der Waals surface area contributed by atoms with Gasteiger partial charge in [0.25, 0.3) is 0 Å². The number of carboxylic acids is 1. The van der Waals surface area contributed by atoms with Gasteiger partial charge >= 0.3 is 12.0 Å². The summed E-state index contributed by atoms with van der Waals surface area (Å²) >= 11 is 0. The maximum Gasteiger partial charge on any atom is 0.335 e. The van der Waals surface area contributed by atoms with E-state index in [0.29, 0.717) is 24.3 Å². The zero-order valence-corrected chi connectivity index (χ0v) is 16.9. The van der Waals surface area contributed by atoms with Gasteiger partial charge in [0.2, 0.25) is 5.91 Å². The zero-order valence-electron chi connectivity index (χ0n) is 16.9. The fourth-order valence-electron chi connectivity index (χ4n) is 3.00. The Hall–Kier alpha value is -3.35. The molecule has 7 heteroatoms. The minimum Gasteiger partial charge on any atom is -0.478 e. The third-order valence-corrected chi connectivity index (χ3v) is 4.69. The molecule has 0 heterocycles. The number of amides is 3. The van der Waals surface area contributed by atoms with Crippen molar-refractivity contribution in [2.75, 3.05) is 18.4 Å². The van der Waals surface area contributed by atoms with E-state index in [0.717, 1.165) is 5.56 Å². The molecule has 2 rings (SSSR count). The van der Waals surface area contributed by atoms with Crippen LogP contribution in [-0.2, 0) is 11.2 Å². The number of carboxylic acid groups (broad SMARTS) is 1. The second-order valence-corrected chi connectivity index (χ2v) is 6.65. The minimum atomic E-state index is -1.05. The maximum atomic E-state index is 12.4. The van der Waals surface area contributed by atoms with Crippen LogP contribution < -0.4 is 10.6 Å². The molecule has 0 aliphatic rings. The summed E-state index contributed by atoms with van der Waals surface area (Å²) in [5.74, 6) is -1.31. The highest BCUT2D eigenvalue weighted by atomic mass is 16.4. The number of anilines is 1. The summed E-state index contributed by atoms with van der Waals surface area (Å²) in [4.78, 5) is 37.4. The fourth-order valence-corrected chi connectivity index (χ4v) is 3.00. The van der Waals surface area contributed by atoms with Crippen molar-refractivity contribution in [2.24, 2.45) is 0 Å². The summed E-state index contributed by atoms with van der Waals surface area (Å²) in [5, 5.41) is 15.0. The molecule has 7 nitrogen and oxygen atoms in total. The first kappa shape index (κ1) is 21.9. The molecule has 0 fully saturated rings. The Morgan fingerprint density at radius 1 is 1.00 bits per heavy atom. The molecule has 0 bridgehead atoms. The van der Waals surface area contributed by atoms with E-state index in [1.54, 1.807) is 35.2 Å². The average molecular weight is 397 g/mol. The number of benzene rings is 2. The van der Waals surface area contributed by atoms with E-state index in [1.807, 2.05) is 32.9 Å². The number of aromatic carboxylic acids is 1. The van der Waals surface area contributed by atoms with Crippen molar-refractivity contribution in [2.45, 2.75) is 33.2 Å². The number of rotatable bonds is 8. The highest BCUT2D eigenvalue weighted by Gasteiger charge is 2.15. The first-order chi connectivity index (χ1) is 13.8. The molecule has 2 aromatic carbocycles. The third kappa shape index (κ3) is 6.07. The minimum absolute atomic E-state index is 0.00910. The third-order valence-electron chi connectivity index (χ3n) is 4.69. The van der Waals surface area contributed by atoms with Gasteiger partial charge in [0.05, 0.1) is 18.0 Å². The topological polar surface area (TPSA) is 98.7 Å². The van der Waals surface area contributed by atoms with Gasteiger partial charge in [-0.05, 0) is 50.1 Å². The van der Waals surface area contributed by atoms with Crippen LogP contribution in [0.1, 0.15) is 48.3 Å². The van der Waals surface area contributed by atoms with Crippen molar-refractivity contribution in [1.29, 1.82) is 0 Å². The Labute approximate surface area is 170 Å². The summed E-state index contributed by atoms with van der Waals surface area (Å²) in [6.07, 6.45) is -0.00910. The van der Waals surface area contributed by atoms with Gasteiger partial charge < -0.3 is 20.6 Å². The maximum absolute atomic E-state index is 12.4. The van der Waals surface area contributed by atoms with Crippen molar-refractivity contribution in [3.63, 3.8) is 0 Å². The lowest BCUT2D eigenvalue weighted by Gasteiger charge is -2.20. The molecule has 3 N–H and O–H groups in total. The molecule has 0 spiro atoms. The Kier molecular flexibility index (Phi) is 7.77. The SMILES string of the molecule is CCN(CC)C(=O)Nc1ccc(C(C)NC(=O)Cc2ccccc2C(=O)O)cc1. The van der Waals surface area contributed by atoms with Gasteiger partial charge in [0, 0.05) is 18.8 Å². The molecule has 1 unspecified atom stereocenters. The van der Waals surface area contributed by atoms with Crippen molar-refractivity contribution >= 4 is 23.6 Å². The van der Waals surface area contributed by atoms with E-state index in [-0.39, 0.29) is 30.0 Å². The number of hydrogen-bond donors (Lipinski definition) is 3. The van der Waals surface area contributed by atoms with E-state index in [4.69, 9.17) is 0 Å². The molecule has 0 saturated carbocycles. The molecule has 2 aromatic rings. The van der Waals surface area contributed by atoms with Crippen LogP contribution >= 0.6 is 0 Å². The van der Waals surface area contributed by atoms with Crippen molar-refractivity contribution in [3.8, 4) is 0 Å². The van der Waals surface area contributed by atoms with E-state index < -0.39 is 5.97 Å². The fraction of sp³-hybridized carbons (Fsp3) is 0.318. The predicted molar refractivity (Wildman–Crippen MR) is 112 cm³/mol. The van der Waals surface area contributed by atoms with Crippen LogP contribution in [0.25, 0.3) is 0 Å². The number of nitrogens with one attached hydrogen (secondary N) is 2. The lowest BCUT2D eigenvalue weighted by Crippen LogP contribution is -2.34. The smallest absolute Gasteiger partial charge is 0.335 e. The van der Waals surface area contributed by atoms with E-state index in [2.05, 4.69) is 10.6 Å². The molecule has 1 atom stereocenters. The van der Waals surface area contributed by atoms with Gasteiger partial charge in [0.1, 0.15) is 0 Å². The summed E-state index contributed by atoms with van der Waals surface area (Å²) in [5.41, 5.74) is 2.16. The number of urea groups is 1. The average Bonchev–Trinajstić information content (AvgIpc) is 2.69. The van der Waals surface area contributed by atoms with Crippen molar-refractivity contribution < 1.29 is 19.5 Å². The summed E-state index contributed by atoms with van der Waals surface area (Å²) < 4.78 is 0. The van der Waals surface area contributed by atoms with Gasteiger partial charge in [-0.15, -0.1) is 0 Å². The first-order valence-corrected chi connectivity index (χ1v) is 9.62. The van der Waals surface area contributed by atoms with Crippen LogP contribution in [0, 0.1) is 0 Å². The molecular formula is C22H27N3O4. The standard InChI is InChI=1S/C22H27N3O4/c1-4-25(5-2)22(29)24-18-12-10-16(11-13-18)15(3)23-20(26)14-17-8-6-7-9-19(17)21(27)28/h6-13,15H,4-5,14H2,1-3H3,(H,23,26)(H,24,29)(H,27,28). The largest absolute Gasteiger partial charge is 0.478 e. The molecule has 0 aliphatic carbocycles. The molecule has 0 aromatic heterocycles. The van der Waals surface area contributed by atoms with Gasteiger partial charge in [-0.2, -0.15) is 0 Å². The van der Waals surface area contributed by atoms with Crippen LogP contribution in [0.5, 0.6) is 0 Å². The number of hydrogen-bond acceptors (Lipinski definition) is 3. The molecule has 3 amide bonds. The van der Waals surface area contributed by atoms with Crippen LogP contribution in [0.3, 0.4) is 0 Å². The predicted octanol–water partition coefficient (Wildman–Crippen LogP) is 3.68. The Morgan fingerprint density at radius 2 is 1.62 bits per heavy atom. The van der Waals surface area contributed by atoms with Gasteiger partial charge in [-0.1, -0.05) is 30.3 Å². The van der Waals surface area contributed by atoms with Crippen molar-refractivity contribution in [1.82, 2.24) is 10.2 Å². The number of nitrogens with zero attached hydrogens (tertiary/aromatic N) is 1. The monoisotopic (exact) mass is 397 g/mol. The molecule has 0 aliphatic heterocycles. The molecule has 154 valence electrons.